The van der Waals surface area contributed by atoms with E-state index in [1.165, 1.54) is 10.6 Å². The normalized spacial score (nSPS) is 11.7. The van der Waals surface area contributed by atoms with Crippen molar-refractivity contribution in [2.45, 2.75) is 25.4 Å². The summed E-state index contributed by atoms with van der Waals surface area (Å²) in [5.74, 6) is 0.156. The molecule has 0 fully saturated rings. The number of halogens is 4. The lowest BCUT2D eigenvalue weighted by atomic mass is 10.1. The van der Waals surface area contributed by atoms with Crippen LogP contribution in [0.25, 0.3) is 5.65 Å². The molecule has 0 aliphatic rings. The lowest BCUT2D eigenvalue weighted by Gasteiger charge is -2.09. The molecule has 142 valence electrons. The van der Waals surface area contributed by atoms with E-state index in [-0.39, 0.29) is 29.5 Å². The Hall–Kier alpha value is -2.61. The fourth-order valence-electron chi connectivity index (χ4n) is 2.69. The summed E-state index contributed by atoms with van der Waals surface area (Å²) in [4.78, 5) is 11.9. The first-order chi connectivity index (χ1) is 12.8. The molecule has 1 amide bonds. The van der Waals surface area contributed by atoms with E-state index in [4.69, 9.17) is 11.6 Å². The average molecular weight is 397 g/mol. The van der Waals surface area contributed by atoms with Gasteiger partial charge in [0.25, 0.3) is 0 Å². The maximum absolute atomic E-state index is 13.1. The summed E-state index contributed by atoms with van der Waals surface area (Å²) in [6.45, 7) is 0.238. The number of fused-ring (bicyclic) bond motifs is 1. The van der Waals surface area contributed by atoms with Crippen molar-refractivity contribution >= 4 is 23.2 Å². The van der Waals surface area contributed by atoms with Gasteiger partial charge in [-0.05, 0) is 18.1 Å². The lowest BCUT2D eigenvalue weighted by molar-refractivity contribution is -0.136. The summed E-state index contributed by atoms with van der Waals surface area (Å²) in [6, 6.07) is 10.4. The third-order valence-corrected chi connectivity index (χ3v) is 4.21. The first kappa shape index (κ1) is 19.2. The largest absolute Gasteiger partial charge is 0.420 e. The molecule has 0 aliphatic carbocycles. The van der Waals surface area contributed by atoms with Crippen LogP contribution >= 0.6 is 11.6 Å². The van der Waals surface area contributed by atoms with Gasteiger partial charge in [-0.1, -0.05) is 41.9 Å². The second kappa shape index (κ2) is 7.96. The maximum atomic E-state index is 13.1. The third-order valence-electron chi connectivity index (χ3n) is 4.00. The molecule has 0 saturated carbocycles. The smallest absolute Gasteiger partial charge is 0.356 e. The molecule has 3 rings (SSSR count). The van der Waals surface area contributed by atoms with Crippen LogP contribution in [0.15, 0.2) is 42.6 Å². The third kappa shape index (κ3) is 4.77. The van der Waals surface area contributed by atoms with Crippen LogP contribution in [-0.2, 0) is 23.8 Å². The van der Waals surface area contributed by atoms with Crippen LogP contribution in [0.5, 0.6) is 0 Å². The number of rotatable bonds is 6. The predicted molar refractivity (Wildman–Crippen MR) is 94.5 cm³/mol. The summed E-state index contributed by atoms with van der Waals surface area (Å²) in [7, 11) is 0. The molecule has 0 aliphatic heterocycles. The van der Waals surface area contributed by atoms with E-state index in [2.05, 4.69) is 15.5 Å². The summed E-state index contributed by atoms with van der Waals surface area (Å²) >= 11 is 5.80. The number of alkyl halides is 3. The highest BCUT2D eigenvalue weighted by Crippen LogP contribution is 2.33. The fourth-order valence-corrected chi connectivity index (χ4v) is 2.90. The van der Waals surface area contributed by atoms with E-state index >= 15 is 0 Å². The molecular weight excluding hydrogens is 381 g/mol. The van der Waals surface area contributed by atoms with Crippen molar-refractivity contribution in [2.75, 3.05) is 6.54 Å². The molecule has 0 saturated heterocycles. The van der Waals surface area contributed by atoms with Crippen molar-refractivity contribution in [1.82, 2.24) is 19.9 Å². The quantitative estimate of drug-likeness (QED) is 0.691. The fraction of sp³-hybridized carbons (Fsp3) is 0.278. The molecule has 27 heavy (non-hydrogen) atoms. The van der Waals surface area contributed by atoms with Crippen molar-refractivity contribution in [3.8, 4) is 0 Å². The molecule has 0 unspecified atom stereocenters. The van der Waals surface area contributed by atoms with Gasteiger partial charge in [0.15, 0.2) is 5.65 Å². The molecule has 0 radical (unpaired) electrons. The van der Waals surface area contributed by atoms with Crippen LogP contribution < -0.4 is 5.32 Å². The first-order valence-corrected chi connectivity index (χ1v) is 8.63. The van der Waals surface area contributed by atoms with Crippen molar-refractivity contribution < 1.29 is 18.0 Å². The van der Waals surface area contributed by atoms with Crippen molar-refractivity contribution in [3.63, 3.8) is 0 Å². The highest BCUT2D eigenvalue weighted by Gasteiger charge is 2.35. The summed E-state index contributed by atoms with van der Waals surface area (Å²) < 4.78 is 40.5. The Bertz CT molecular complexity index is 941. The summed E-state index contributed by atoms with van der Waals surface area (Å²) in [5.41, 5.74) is -0.191. The minimum Gasteiger partial charge on any atom is -0.356 e. The van der Waals surface area contributed by atoms with E-state index in [1.54, 1.807) is 0 Å². The SMILES string of the molecule is O=C(CCc1ccccc1)NCCc1nnc2c(C(F)(F)F)cc(Cl)cn12. The van der Waals surface area contributed by atoms with Gasteiger partial charge in [0.1, 0.15) is 11.4 Å². The molecule has 2 aromatic heterocycles. The molecule has 0 bridgehead atoms. The van der Waals surface area contributed by atoms with Gasteiger partial charge < -0.3 is 5.32 Å². The van der Waals surface area contributed by atoms with Gasteiger partial charge in [-0.25, -0.2) is 0 Å². The van der Waals surface area contributed by atoms with Crippen LogP contribution in [-0.4, -0.2) is 27.0 Å². The van der Waals surface area contributed by atoms with Crippen LogP contribution in [0.4, 0.5) is 13.2 Å². The van der Waals surface area contributed by atoms with Gasteiger partial charge >= 0.3 is 6.18 Å². The molecule has 0 spiro atoms. The highest BCUT2D eigenvalue weighted by atomic mass is 35.5. The number of nitrogens with one attached hydrogen (secondary N) is 1. The van der Waals surface area contributed by atoms with Crippen molar-refractivity contribution in [1.29, 1.82) is 0 Å². The zero-order valence-corrected chi connectivity index (χ0v) is 14.9. The summed E-state index contributed by atoms with van der Waals surface area (Å²) in [6.07, 6.45) is -2.07. The molecule has 1 aromatic carbocycles. The molecule has 0 atom stereocenters. The number of benzene rings is 1. The number of amides is 1. The molecule has 2 heterocycles. The van der Waals surface area contributed by atoms with Crippen LogP contribution in [0.1, 0.15) is 23.4 Å². The Morgan fingerprint density at radius 3 is 2.59 bits per heavy atom. The zero-order chi connectivity index (χ0) is 19.4. The van der Waals surface area contributed by atoms with E-state index in [1.807, 2.05) is 30.3 Å². The highest BCUT2D eigenvalue weighted by molar-refractivity contribution is 6.30. The number of carbonyl (C=O) groups excluding carboxylic acids is 1. The Balaban J connectivity index is 1.61. The van der Waals surface area contributed by atoms with Crippen LogP contribution in [0.3, 0.4) is 0 Å². The Morgan fingerprint density at radius 2 is 1.89 bits per heavy atom. The van der Waals surface area contributed by atoms with Gasteiger partial charge in [0, 0.05) is 25.6 Å². The van der Waals surface area contributed by atoms with E-state index in [9.17, 15) is 18.0 Å². The monoisotopic (exact) mass is 396 g/mol. The standard InChI is InChI=1S/C18H16ClF3N4O/c19-13-10-14(18(20,21)22)17-25-24-15(26(17)11-13)8-9-23-16(27)7-6-12-4-2-1-3-5-12/h1-5,10-11H,6-9H2,(H,23,27). The number of hydrogen-bond acceptors (Lipinski definition) is 3. The van der Waals surface area contributed by atoms with Gasteiger partial charge in [0.2, 0.25) is 5.91 Å². The number of aryl methyl sites for hydroxylation is 1. The number of nitrogens with zero attached hydrogens (tertiary/aromatic N) is 3. The van der Waals surface area contributed by atoms with E-state index in [0.29, 0.717) is 18.7 Å². The van der Waals surface area contributed by atoms with Crippen molar-refractivity contribution in [2.24, 2.45) is 0 Å². The molecular formula is C18H16ClF3N4O. The van der Waals surface area contributed by atoms with Gasteiger partial charge in [0.05, 0.1) is 5.02 Å². The predicted octanol–water partition coefficient (Wildman–Crippen LogP) is 3.69. The second-order valence-electron chi connectivity index (χ2n) is 5.97. The number of aromatic nitrogens is 3. The van der Waals surface area contributed by atoms with Crippen LogP contribution in [0, 0.1) is 0 Å². The Labute approximate surface area is 158 Å². The molecule has 1 N–H and O–H groups in total. The van der Waals surface area contributed by atoms with Gasteiger partial charge in [-0.2, -0.15) is 13.2 Å². The first-order valence-electron chi connectivity index (χ1n) is 8.25. The Morgan fingerprint density at radius 1 is 1.15 bits per heavy atom. The van der Waals surface area contributed by atoms with Gasteiger partial charge in [-0.3, -0.25) is 9.20 Å². The Kier molecular flexibility index (Phi) is 5.65. The van der Waals surface area contributed by atoms with Gasteiger partial charge in [-0.15, -0.1) is 10.2 Å². The molecule has 3 aromatic rings. The molecule has 5 nitrogen and oxygen atoms in total. The average Bonchev–Trinajstić information content (AvgIpc) is 3.02. The zero-order valence-electron chi connectivity index (χ0n) is 14.1. The minimum atomic E-state index is -4.58. The van der Waals surface area contributed by atoms with E-state index in [0.717, 1.165) is 11.6 Å². The topological polar surface area (TPSA) is 59.3 Å². The second-order valence-corrected chi connectivity index (χ2v) is 6.40. The molecule has 9 heteroatoms. The number of hydrogen-bond donors (Lipinski definition) is 1. The van der Waals surface area contributed by atoms with Crippen molar-refractivity contribution in [3.05, 3.63) is 64.6 Å². The van der Waals surface area contributed by atoms with Crippen LogP contribution in [0.2, 0.25) is 5.02 Å². The summed E-state index contributed by atoms with van der Waals surface area (Å²) in [5, 5.41) is 10.1. The number of pyridine rings is 1. The maximum Gasteiger partial charge on any atom is 0.420 e. The minimum absolute atomic E-state index is 0.0669. The van der Waals surface area contributed by atoms with E-state index < -0.39 is 11.7 Å². The number of carbonyl (C=O) groups is 1. The lowest BCUT2D eigenvalue weighted by Crippen LogP contribution is -2.26.